The Bertz CT molecular complexity index is 823. The molecule has 1 N–H and O–H groups in total. The molecule has 0 aromatic carbocycles. The first-order chi connectivity index (χ1) is 15.2. The summed E-state index contributed by atoms with van der Waals surface area (Å²) in [6.07, 6.45) is 13.2. The second-order valence-corrected chi connectivity index (χ2v) is 12.6. The standard InChI is InChI=1S/C30H46O2/c1-18(2)22-8-7-20(5)28-26(15-22)23(16-27(28)31)9-11-25-12-10-24(19(3)4)17-30-21(6)13-14-29(25,30)32-30/h20-25,27,31H,1,3,7-17H2,2,4-6H3/t20-,21-,22+,23-,24+,25-,27?,29-,30?/m0/s1. The van der Waals surface area contributed by atoms with Crippen molar-refractivity contribution in [3.05, 3.63) is 35.5 Å². The van der Waals surface area contributed by atoms with Gasteiger partial charge in [-0.05, 0) is 126 Å². The average Bonchev–Trinajstić information content (AvgIpc) is 3.27. The predicted octanol–water partition coefficient (Wildman–Crippen LogP) is 7.39. The van der Waals surface area contributed by atoms with Gasteiger partial charge in [-0.3, -0.25) is 0 Å². The molecule has 5 rings (SSSR count). The minimum atomic E-state index is -0.211. The van der Waals surface area contributed by atoms with Gasteiger partial charge in [0.2, 0.25) is 0 Å². The molecule has 0 amide bonds. The van der Waals surface area contributed by atoms with E-state index in [4.69, 9.17) is 4.74 Å². The molecule has 2 unspecified atom stereocenters. The van der Waals surface area contributed by atoms with Gasteiger partial charge in [0.25, 0.3) is 0 Å². The molecule has 0 aromatic rings. The molecule has 1 saturated heterocycles. The number of ether oxygens (including phenoxy) is 1. The van der Waals surface area contributed by atoms with Gasteiger partial charge in [0.15, 0.2) is 0 Å². The molecule has 5 aliphatic rings. The first-order valence-electron chi connectivity index (χ1n) is 13.6. The van der Waals surface area contributed by atoms with Gasteiger partial charge >= 0.3 is 0 Å². The van der Waals surface area contributed by atoms with Crippen LogP contribution >= 0.6 is 0 Å². The Morgan fingerprint density at radius 3 is 2.41 bits per heavy atom. The summed E-state index contributed by atoms with van der Waals surface area (Å²) in [6, 6.07) is 0. The minimum absolute atomic E-state index is 0.138. The van der Waals surface area contributed by atoms with Crippen LogP contribution in [0.4, 0.5) is 0 Å². The molecule has 2 nitrogen and oxygen atoms in total. The summed E-state index contributed by atoms with van der Waals surface area (Å²) in [4.78, 5) is 0. The molecule has 178 valence electrons. The largest absolute Gasteiger partial charge is 0.389 e. The lowest BCUT2D eigenvalue weighted by Gasteiger charge is -2.26. The van der Waals surface area contributed by atoms with Gasteiger partial charge in [0.05, 0.1) is 6.10 Å². The van der Waals surface area contributed by atoms with E-state index in [0.717, 1.165) is 12.8 Å². The summed E-state index contributed by atoms with van der Waals surface area (Å²) in [6.45, 7) is 17.8. The van der Waals surface area contributed by atoms with Crippen molar-refractivity contribution in [1.29, 1.82) is 0 Å². The van der Waals surface area contributed by atoms with Gasteiger partial charge in [-0.25, -0.2) is 0 Å². The Hall–Kier alpha value is -0.860. The van der Waals surface area contributed by atoms with Gasteiger partial charge in [-0.2, -0.15) is 0 Å². The zero-order valence-corrected chi connectivity index (χ0v) is 21.1. The lowest BCUT2D eigenvalue weighted by Crippen LogP contribution is -2.31. The highest BCUT2D eigenvalue weighted by Gasteiger charge is 2.78. The van der Waals surface area contributed by atoms with E-state index in [1.54, 1.807) is 5.57 Å². The van der Waals surface area contributed by atoms with E-state index in [9.17, 15) is 5.11 Å². The highest BCUT2D eigenvalue weighted by atomic mass is 16.6. The number of rotatable bonds is 5. The first kappa shape index (κ1) is 22.9. The quantitative estimate of drug-likeness (QED) is 0.358. The Labute approximate surface area is 196 Å². The predicted molar refractivity (Wildman–Crippen MR) is 132 cm³/mol. The van der Waals surface area contributed by atoms with E-state index < -0.39 is 0 Å². The fourth-order valence-corrected chi connectivity index (χ4v) is 8.70. The van der Waals surface area contributed by atoms with Crippen LogP contribution < -0.4 is 0 Å². The third-order valence-corrected chi connectivity index (χ3v) is 10.8. The second kappa shape index (κ2) is 8.12. The summed E-state index contributed by atoms with van der Waals surface area (Å²) in [5.41, 5.74) is 6.00. The van der Waals surface area contributed by atoms with Crippen molar-refractivity contribution in [3.63, 3.8) is 0 Å². The summed E-state index contributed by atoms with van der Waals surface area (Å²) >= 11 is 0. The lowest BCUT2D eigenvalue weighted by atomic mass is 9.76. The van der Waals surface area contributed by atoms with E-state index in [-0.39, 0.29) is 17.3 Å². The van der Waals surface area contributed by atoms with Crippen LogP contribution in [0.5, 0.6) is 0 Å². The normalized spacial score (nSPS) is 47.8. The van der Waals surface area contributed by atoms with Crippen molar-refractivity contribution in [2.45, 2.75) is 116 Å². The van der Waals surface area contributed by atoms with Gasteiger partial charge in [-0.15, -0.1) is 0 Å². The van der Waals surface area contributed by atoms with Crippen LogP contribution in [0.1, 0.15) is 98.3 Å². The molecule has 1 aliphatic heterocycles. The van der Waals surface area contributed by atoms with Crippen LogP contribution in [-0.4, -0.2) is 22.4 Å². The van der Waals surface area contributed by atoms with E-state index in [1.165, 1.54) is 74.5 Å². The monoisotopic (exact) mass is 438 g/mol. The van der Waals surface area contributed by atoms with Crippen molar-refractivity contribution in [1.82, 2.24) is 0 Å². The molecular weight excluding hydrogens is 392 g/mol. The zero-order chi connectivity index (χ0) is 22.8. The third kappa shape index (κ3) is 3.42. The molecule has 0 radical (unpaired) electrons. The van der Waals surface area contributed by atoms with E-state index in [1.807, 2.05) is 0 Å². The maximum Gasteiger partial charge on any atom is 0.101 e. The maximum atomic E-state index is 11.0. The summed E-state index contributed by atoms with van der Waals surface area (Å²) in [5, 5.41) is 11.0. The number of aliphatic hydroxyl groups is 1. The molecule has 4 aliphatic carbocycles. The SMILES string of the molecule is C=C(C)[C@@H]1CC[C@H](C)C2=C(C1)[C@@H](CC[C@H]1CC[C@@H](C(=C)C)CC34O[C@@]13CC[C@@H]4C)CC2O. The molecule has 32 heavy (non-hydrogen) atoms. The highest BCUT2D eigenvalue weighted by molar-refractivity contribution is 5.32. The number of hydrogen-bond donors (Lipinski definition) is 1. The molecule has 0 aromatic heterocycles. The number of allylic oxidation sites excluding steroid dienone is 3. The van der Waals surface area contributed by atoms with Crippen molar-refractivity contribution in [2.75, 3.05) is 0 Å². The number of epoxide rings is 1. The molecule has 9 atom stereocenters. The molecular formula is C30H46O2. The number of hydrogen-bond acceptors (Lipinski definition) is 2. The minimum Gasteiger partial charge on any atom is -0.389 e. The lowest BCUT2D eigenvalue weighted by molar-refractivity contribution is 0.113. The van der Waals surface area contributed by atoms with E-state index in [0.29, 0.717) is 35.5 Å². The van der Waals surface area contributed by atoms with E-state index in [2.05, 4.69) is 40.9 Å². The van der Waals surface area contributed by atoms with E-state index >= 15 is 0 Å². The van der Waals surface area contributed by atoms with Crippen LogP contribution in [0.15, 0.2) is 35.5 Å². The zero-order valence-electron chi connectivity index (χ0n) is 21.1. The Morgan fingerprint density at radius 1 is 0.969 bits per heavy atom. The Morgan fingerprint density at radius 2 is 1.69 bits per heavy atom. The molecule has 0 bridgehead atoms. The van der Waals surface area contributed by atoms with Crippen LogP contribution in [0.25, 0.3) is 0 Å². The van der Waals surface area contributed by atoms with Gasteiger partial charge in [0, 0.05) is 0 Å². The summed E-state index contributed by atoms with van der Waals surface area (Å²) < 4.78 is 6.79. The van der Waals surface area contributed by atoms with Crippen molar-refractivity contribution in [2.24, 2.45) is 35.5 Å². The van der Waals surface area contributed by atoms with Crippen LogP contribution in [0.3, 0.4) is 0 Å². The number of aliphatic hydroxyl groups excluding tert-OH is 1. The van der Waals surface area contributed by atoms with Crippen LogP contribution in [0.2, 0.25) is 0 Å². The summed E-state index contributed by atoms with van der Waals surface area (Å²) in [7, 11) is 0. The Balaban J connectivity index is 1.34. The molecule has 0 spiro atoms. The van der Waals surface area contributed by atoms with Crippen molar-refractivity contribution in [3.8, 4) is 0 Å². The smallest absolute Gasteiger partial charge is 0.101 e. The van der Waals surface area contributed by atoms with Crippen molar-refractivity contribution < 1.29 is 9.84 Å². The summed E-state index contributed by atoms with van der Waals surface area (Å²) in [5.74, 6) is 3.68. The molecule has 2 heteroatoms. The third-order valence-electron chi connectivity index (χ3n) is 10.8. The topological polar surface area (TPSA) is 32.8 Å². The maximum absolute atomic E-state index is 11.0. The van der Waals surface area contributed by atoms with Gasteiger partial charge < -0.3 is 9.84 Å². The Kier molecular flexibility index (Phi) is 5.81. The van der Waals surface area contributed by atoms with Gasteiger partial charge in [0.1, 0.15) is 11.2 Å². The van der Waals surface area contributed by atoms with Crippen LogP contribution in [-0.2, 0) is 4.74 Å². The highest BCUT2D eigenvalue weighted by Crippen LogP contribution is 2.71. The molecule has 3 fully saturated rings. The average molecular weight is 439 g/mol. The molecule has 1 heterocycles. The van der Waals surface area contributed by atoms with Crippen molar-refractivity contribution >= 4 is 0 Å². The fraction of sp³-hybridized carbons (Fsp3) is 0.800. The fourth-order valence-electron chi connectivity index (χ4n) is 8.70. The van der Waals surface area contributed by atoms with Crippen LogP contribution in [0, 0.1) is 35.5 Å². The molecule has 2 saturated carbocycles. The van der Waals surface area contributed by atoms with Gasteiger partial charge in [-0.1, -0.05) is 43.7 Å². The first-order valence-corrected chi connectivity index (χ1v) is 13.6. The second-order valence-electron chi connectivity index (χ2n) is 12.6.